The molecule has 0 aromatic heterocycles. The van der Waals surface area contributed by atoms with Crippen LogP contribution in [0.1, 0.15) is 38.3 Å². The molecule has 0 fully saturated rings. The van der Waals surface area contributed by atoms with Gasteiger partial charge >= 0.3 is 0 Å². The van der Waals surface area contributed by atoms with Gasteiger partial charge in [0.25, 0.3) is 0 Å². The molecule has 0 aliphatic carbocycles. The van der Waals surface area contributed by atoms with E-state index in [2.05, 4.69) is 12.2 Å². The molecule has 0 aliphatic rings. The fourth-order valence-corrected chi connectivity index (χ4v) is 1.43. The van der Waals surface area contributed by atoms with Crippen molar-refractivity contribution in [3.8, 4) is 0 Å². The highest BCUT2D eigenvalue weighted by molar-refractivity contribution is 5.20. The lowest BCUT2D eigenvalue weighted by atomic mass is 10.1. The van der Waals surface area contributed by atoms with Crippen LogP contribution in [0.25, 0.3) is 0 Å². The second kappa shape index (κ2) is 5.76. The van der Waals surface area contributed by atoms with Crippen molar-refractivity contribution in [1.82, 2.24) is 5.32 Å². The third kappa shape index (κ3) is 3.11. The number of benzene rings is 1. The van der Waals surface area contributed by atoms with Gasteiger partial charge in [0.2, 0.25) is 0 Å². The van der Waals surface area contributed by atoms with Gasteiger partial charge in [-0.25, -0.2) is 4.39 Å². The van der Waals surface area contributed by atoms with Crippen molar-refractivity contribution >= 4 is 0 Å². The predicted octanol–water partition coefficient (Wildman–Crippen LogP) is 3.28. The molecule has 1 rings (SSSR count). The SMILES string of the molecule is CCCCNC(C)c1ccccc1F. The Bertz CT molecular complexity index is 273. The minimum atomic E-state index is -0.121. The lowest BCUT2D eigenvalue weighted by Gasteiger charge is -2.14. The molecule has 0 saturated carbocycles. The van der Waals surface area contributed by atoms with E-state index >= 15 is 0 Å². The van der Waals surface area contributed by atoms with Crippen molar-refractivity contribution in [2.45, 2.75) is 32.7 Å². The first-order valence-electron chi connectivity index (χ1n) is 5.23. The lowest BCUT2D eigenvalue weighted by Crippen LogP contribution is -2.20. The molecule has 1 unspecified atom stereocenters. The summed E-state index contributed by atoms with van der Waals surface area (Å²) in [6, 6.07) is 7.03. The van der Waals surface area contributed by atoms with Gasteiger partial charge < -0.3 is 5.32 Å². The Morgan fingerprint density at radius 2 is 2.07 bits per heavy atom. The molecular weight excluding hydrogens is 177 g/mol. The summed E-state index contributed by atoms with van der Waals surface area (Å²) < 4.78 is 13.3. The largest absolute Gasteiger partial charge is 0.310 e. The van der Waals surface area contributed by atoms with Crippen LogP contribution in [0.5, 0.6) is 0 Å². The third-order valence-electron chi connectivity index (χ3n) is 2.35. The molecule has 1 nitrogen and oxygen atoms in total. The van der Waals surface area contributed by atoms with Gasteiger partial charge in [-0.1, -0.05) is 31.5 Å². The lowest BCUT2D eigenvalue weighted by molar-refractivity contribution is 0.519. The molecular formula is C12H18FN. The molecule has 1 aromatic carbocycles. The Kier molecular flexibility index (Phi) is 4.60. The minimum Gasteiger partial charge on any atom is -0.310 e. The first-order chi connectivity index (χ1) is 6.75. The maximum absolute atomic E-state index is 13.3. The second-order valence-corrected chi connectivity index (χ2v) is 3.55. The Morgan fingerprint density at radius 3 is 2.71 bits per heavy atom. The molecule has 0 spiro atoms. The molecule has 14 heavy (non-hydrogen) atoms. The Labute approximate surface area is 85.3 Å². The number of hydrogen-bond donors (Lipinski definition) is 1. The van der Waals surface area contributed by atoms with Gasteiger partial charge in [-0.2, -0.15) is 0 Å². The highest BCUT2D eigenvalue weighted by atomic mass is 19.1. The Morgan fingerprint density at radius 1 is 1.36 bits per heavy atom. The van der Waals surface area contributed by atoms with Gasteiger partial charge in [0.15, 0.2) is 0 Å². The van der Waals surface area contributed by atoms with Crippen LogP contribution in [-0.2, 0) is 0 Å². The van der Waals surface area contributed by atoms with Crippen LogP contribution in [0.15, 0.2) is 24.3 Å². The standard InChI is InChI=1S/C12H18FN/c1-3-4-9-14-10(2)11-7-5-6-8-12(11)13/h5-8,10,14H,3-4,9H2,1-2H3. The number of halogens is 1. The fourth-order valence-electron chi connectivity index (χ4n) is 1.43. The van der Waals surface area contributed by atoms with E-state index in [1.165, 1.54) is 6.07 Å². The molecule has 0 aliphatic heterocycles. The molecule has 0 heterocycles. The van der Waals surface area contributed by atoms with Crippen LogP contribution in [0.2, 0.25) is 0 Å². The molecule has 2 heteroatoms. The zero-order valence-corrected chi connectivity index (χ0v) is 8.89. The van der Waals surface area contributed by atoms with Crippen LogP contribution in [0, 0.1) is 5.82 Å². The van der Waals surface area contributed by atoms with E-state index in [9.17, 15) is 4.39 Å². The highest BCUT2D eigenvalue weighted by Gasteiger charge is 2.08. The topological polar surface area (TPSA) is 12.0 Å². The molecule has 1 aromatic rings. The Balaban J connectivity index is 2.51. The van der Waals surface area contributed by atoms with Crippen molar-refractivity contribution < 1.29 is 4.39 Å². The molecule has 1 N–H and O–H groups in total. The summed E-state index contributed by atoms with van der Waals surface area (Å²) in [5.74, 6) is -0.121. The van der Waals surface area contributed by atoms with E-state index < -0.39 is 0 Å². The molecule has 0 saturated heterocycles. The second-order valence-electron chi connectivity index (χ2n) is 3.55. The fraction of sp³-hybridized carbons (Fsp3) is 0.500. The van der Waals surface area contributed by atoms with E-state index in [-0.39, 0.29) is 11.9 Å². The summed E-state index contributed by atoms with van der Waals surface area (Å²) in [5.41, 5.74) is 0.753. The first-order valence-corrected chi connectivity index (χ1v) is 5.23. The first kappa shape index (κ1) is 11.2. The van der Waals surface area contributed by atoms with Gasteiger partial charge in [-0.3, -0.25) is 0 Å². The van der Waals surface area contributed by atoms with E-state index in [1.807, 2.05) is 19.1 Å². The van der Waals surface area contributed by atoms with Crippen molar-refractivity contribution in [2.75, 3.05) is 6.54 Å². The predicted molar refractivity (Wildman–Crippen MR) is 57.7 cm³/mol. The van der Waals surface area contributed by atoms with Crippen molar-refractivity contribution in [3.05, 3.63) is 35.6 Å². The van der Waals surface area contributed by atoms with Crippen molar-refractivity contribution in [1.29, 1.82) is 0 Å². The third-order valence-corrected chi connectivity index (χ3v) is 2.35. The molecule has 0 bridgehead atoms. The van der Waals surface area contributed by atoms with E-state index in [0.29, 0.717) is 0 Å². The van der Waals surface area contributed by atoms with Gasteiger partial charge in [-0.05, 0) is 26.0 Å². The van der Waals surface area contributed by atoms with Crippen molar-refractivity contribution in [2.24, 2.45) is 0 Å². The van der Waals surface area contributed by atoms with Crippen LogP contribution in [0.4, 0.5) is 4.39 Å². The quantitative estimate of drug-likeness (QED) is 0.711. The molecule has 1 atom stereocenters. The van der Waals surface area contributed by atoms with E-state index in [1.54, 1.807) is 6.07 Å². The molecule has 78 valence electrons. The molecule has 0 amide bonds. The minimum absolute atomic E-state index is 0.0998. The van der Waals surface area contributed by atoms with Crippen molar-refractivity contribution in [3.63, 3.8) is 0 Å². The average Bonchev–Trinajstić information content (AvgIpc) is 2.18. The van der Waals surface area contributed by atoms with E-state index in [0.717, 1.165) is 24.9 Å². The number of nitrogens with one attached hydrogen (secondary N) is 1. The summed E-state index contributed by atoms with van der Waals surface area (Å²) in [7, 11) is 0. The average molecular weight is 195 g/mol. The van der Waals surface area contributed by atoms with Gasteiger partial charge in [0.05, 0.1) is 0 Å². The summed E-state index contributed by atoms with van der Waals surface area (Å²) >= 11 is 0. The maximum atomic E-state index is 13.3. The maximum Gasteiger partial charge on any atom is 0.127 e. The zero-order chi connectivity index (χ0) is 10.4. The Hall–Kier alpha value is -0.890. The molecule has 0 radical (unpaired) electrons. The normalized spacial score (nSPS) is 12.8. The summed E-state index contributed by atoms with van der Waals surface area (Å²) in [4.78, 5) is 0. The van der Waals surface area contributed by atoms with Gasteiger partial charge in [-0.15, -0.1) is 0 Å². The van der Waals surface area contributed by atoms with Gasteiger partial charge in [0, 0.05) is 11.6 Å². The summed E-state index contributed by atoms with van der Waals surface area (Å²) in [5, 5.41) is 3.30. The van der Waals surface area contributed by atoms with Crippen LogP contribution in [0.3, 0.4) is 0 Å². The number of rotatable bonds is 5. The monoisotopic (exact) mass is 195 g/mol. The highest BCUT2D eigenvalue weighted by Crippen LogP contribution is 2.15. The smallest absolute Gasteiger partial charge is 0.127 e. The van der Waals surface area contributed by atoms with Crippen LogP contribution >= 0.6 is 0 Å². The van der Waals surface area contributed by atoms with E-state index in [4.69, 9.17) is 0 Å². The summed E-state index contributed by atoms with van der Waals surface area (Å²) in [6.07, 6.45) is 2.30. The zero-order valence-electron chi connectivity index (χ0n) is 8.89. The van der Waals surface area contributed by atoms with Crippen LogP contribution < -0.4 is 5.32 Å². The van der Waals surface area contributed by atoms with Gasteiger partial charge in [0.1, 0.15) is 5.82 Å². The number of hydrogen-bond acceptors (Lipinski definition) is 1. The summed E-state index contributed by atoms with van der Waals surface area (Å²) in [6.45, 7) is 5.09. The number of unbranched alkanes of at least 4 members (excludes halogenated alkanes) is 1. The van der Waals surface area contributed by atoms with Crippen LogP contribution in [-0.4, -0.2) is 6.54 Å².